The fourth-order valence-electron chi connectivity index (χ4n) is 3.50. The van der Waals surface area contributed by atoms with E-state index < -0.39 is 35.7 Å². The molecule has 1 fully saturated rings. The van der Waals surface area contributed by atoms with Gasteiger partial charge in [0.05, 0.1) is 0 Å². The summed E-state index contributed by atoms with van der Waals surface area (Å²) in [6, 6.07) is 12.1. The summed E-state index contributed by atoms with van der Waals surface area (Å²) in [6.45, 7) is 3.44. The Balaban J connectivity index is 1.83. The molecule has 1 atom stereocenters. The molecule has 1 heterocycles. The number of hydrogen-bond donors (Lipinski definition) is 2. The lowest BCUT2D eigenvalue weighted by Crippen LogP contribution is -2.44. The van der Waals surface area contributed by atoms with Gasteiger partial charge in [-0.2, -0.15) is 0 Å². The van der Waals surface area contributed by atoms with Gasteiger partial charge < -0.3 is 10.6 Å². The minimum Gasteiger partial charge on any atom is -0.324 e. The number of anilines is 1. The molecule has 0 radical (unpaired) electrons. The number of aryl methyl sites for hydroxylation is 1. The topological polar surface area (TPSA) is 78.5 Å². The molecule has 1 unspecified atom stereocenters. The lowest BCUT2D eigenvalue weighted by Gasteiger charge is -2.27. The molecule has 0 saturated carbocycles. The Morgan fingerprint density at radius 1 is 1.14 bits per heavy atom. The van der Waals surface area contributed by atoms with Gasteiger partial charge in [-0.25, -0.2) is 9.18 Å². The lowest BCUT2D eigenvalue weighted by molar-refractivity contribution is -0.134. The van der Waals surface area contributed by atoms with Gasteiger partial charge in [-0.1, -0.05) is 50.1 Å². The van der Waals surface area contributed by atoms with Crippen LogP contribution < -0.4 is 10.6 Å². The number of para-hydroxylation sites is 1. The molecule has 0 aromatic heterocycles. The summed E-state index contributed by atoms with van der Waals surface area (Å²) < 4.78 is 13.4. The maximum absolute atomic E-state index is 13.4. The van der Waals surface area contributed by atoms with E-state index in [1.165, 1.54) is 24.3 Å². The summed E-state index contributed by atoms with van der Waals surface area (Å²) in [4.78, 5) is 39.3. The van der Waals surface area contributed by atoms with Gasteiger partial charge >= 0.3 is 6.03 Å². The van der Waals surface area contributed by atoms with Crippen molar-refractivity contribution in [3.63, 3.8) is 0 Å². The minimum absolute atomic E-state index is 0.371. The van der Waals surface area contributed by atoms with E-state index in [2.05, 4.69) is 10.6 Å². The highest BCUT2D eigenvalue weighted by Gasteiger charge is 2.52. The number of urea groups is 1. The summed E-state index contributed by atoms with van der Waals surface area (Å²) >= 11 is 0. The van der Waals surface area contributed by atoms with Crippen molar-refractivity contribution in [3.8, 4) is 0 Å². The van der Waals surface area contributed by atoms with E-state index in [0.717, 1.165) is 16.9 Å². The second-order valence-corrected chi connectivity index (χ2v) is 7.20. The first-order chi connectivity index (χ1) is 13.9. The largest absolute Gasteiger partial charge is 0.325 e. The Labute approximate surface area is 169 Å². The normalized spacial score (nSPS) is 18.7. The number of imide groups is 1. The molecule has 29 heavy (non-hydrogen) atoms. The first-order valence-corrected chi connectivity index (χ1v) is 9.63. The molecule has 1 saturated heterocycles. The number of carbonyl (C=O) groups excluding carboxylic acids is 3. The van der Waals surface area contributed by atoms with Gasteiger partial charge in [0.15, 0.2) is 0 Å². The molecule has 152 valence electrons. The van der Waals surface area contributed by atoms with E-state index in [4.69, 9.17) is 0 Å². The molecule has 0 aliphatic carbocycles. The van der Waals surface area contributed by atoms with Crippen molar-refractivity contribution < 1.29 is 18.8 Å². The molecular weight excluding hydrogens is 373 g/mol. The zero-order valence-corrected chi connectivity index (χ0v) is 16.5. The monoisotopic (exact) mass is 397 g/mol. The van der Waals surface area contributed by atoms with E-state index in [1.54, 1.807) is 12.1 Å². The Kier molecular flexibility index (Phi) is 5.96. The van der Waals surface area contributed by atoms with Gasteiger partial charge in [-0.15, -0.1) is 0 Å². The van der Waals surface area contributed by atoms with Crippen molar-refractivity contribution >= 4 is 23.5 Å². The van der Waals surface area contributed by atoms with Gasteiger partial charge in [-0.05, 0) is 42.7 Å². The third kappa shape index (κ3) is 4.13. The minimum atomic E-state index is -1.29. The molecule has 0 spiro atoms. The number of nitrogens with one attached hydrogen (secondary N) is 2. The summed E-state index contributed by atoms with van der Waals surface area (Å²) in [5.41, 5.74) is 0.721. The number of hydrogen-bond acceptors (Lipinski definition) is 3. The molecule has 1 aliphatic rings. The van der Waals surface area contributed by atoms with E-state index in [9.17, 15) is 18.8 Å². The Morgan fingerprint density at radius 2 is 1.83 bits per heavy atom. The van der Waals surface area contributed by atoms with E-state index >= 15 is 0 Å². The van der Waals surface area contributed by atoms with Crippen molar-refractivity contribution in [3.05, 3.63) is 65.5 Å². The van der Waals surface area contributed by atoms with E-state index in [1.807, 2.05) is 26.0 Å². The molecule has 3 rings (SSSR count). The molecule has 2 aromatic carbocycles. The molecule has 0 bridgehead atoms. The summed E-state index contributed by atoms with van der Waals surface area (Å²) in [5, 5.41) is 5.49. The van der Waals surface area contributed by atoms with Crippen LogP contribution in [0.2, 0.25) is 0 Å². The third-order valence-electron chi connectivity index (χ3n) is 5.14. The highest BCUT2D eigenvalue weighted by Crippen LogP contribution is 2.34. The average molecular weight is 397 g/mol. The second-order valence-electron chi connectivity index (χ2n) is 7.20. The van der Waals surface area contributed by atoms with Gasteiger partial charge in [0.1, 0.15) is 17.9 Å². The molecule has 7 heteroatoms. The fourth-order valence-corrected chi connectivity index (χ4v) is 3.50. The van der Waals surface area contributed by atoms with Crippen molar-refractivity contribution in [1.82, 2.24) is 10.2 Å². The van der Waals surface area contributed by atoms with Crippen LogP contribution in [0, 0.1) is 12.7 Å². The predicted molar refractivity (Wildman–Crippen MR) is 108 cm³/mol. The van der Waals surface area contributed by atoms with E-state index in [-0.39, 0.29) is 0 Å². The van der Waals surface area contributed by atoms with Crippen LogP contribution in [0.3, 0.4) is 0 Å². The van der Waals surface area contributed by atoms with Crippen LogP contribution in [0.4, 0.5) is 14.9 Å². The molecule has 2 N–H and O–H groups in total. The van der Waals surface area contributed by atoms with Crippen LogP contribution in [0.25, 0.3) is 0 Å². The van der Waals surface area contributed by atoms with Crippen LogP contribution in [-0.4, -0.2) is 29.3 Å². The molecular formula is C22H24FN3O3. The highest BCUT2D eigenvalue weighted by atomic mass is 19.1. The number of rotatable bonds is 7. The maximum atomic E-state index is 13.4. The third-order valence-corrected chi connectivity index (χ3v) is 5.14. The molecule has 2 aromatic rings. The highest BCUT2D eigenvalue weighted by molar-refractivity contribution is 6.10. The smallest absolute Gasteiger partial charge is 0.324 e. The summed E-state index contributed by atoms with van der Waals surface area (Å²) in [7, 11) is 0. The quantitative estimate of drug-likeness (QED) is 0.699. The zero-order chi connectivity index (χ0) is 21.0. The number of unbranched alkanes of at least 4 members (excludes halogenated alkanes) is 1. The number of halogens is 1. The summed E-state index contributed by atoms with van der Waals surface area (Å²) in [5.74, 6) is -1.39. The Bertz CT molecular complexity index is 929. The Morgan fingerprint density at radius 3 is 2.48 bits per heavy atom. The number of nitrogens with zero attached hydrogens (tertiary/aromatic N) is 1. The zero-order valence-electron chi connectivity index (χ0n) is 16.5. The number of carbonyl (C=O) groups is 3. The van der Waals surface area contributed by atoms with Crippen molar-refractivity contribution in [2.75, 3.05) is 11.9 Å². The van der Waals surface area contributed by atoms with Crippen LogP contribution in [0.1, 0.15) is 37.3 Å². The van der Waals surface area contributed by atoms with Gasteiger partial charge in [0.25, 0.3) is 5.91 Å². The first kappa shape index (κ1) is 20.5. The van der Waals surface area contributed by atoms with Crippen molar-refractivity contribution in [1.29, 1.82) is 0 Å². The Hall–Kier alpha value is -3.22. The predicted octanol–water partition coefficient (Wildman–Crippen LogP) is 3.71. The summed E-state index contributed by atoms with van der Waals surface area (Å²) in [6.07, 6.45) is 1.88. The van der Waals surface area contributed by atoms with Crippen LogP contribution in [0.15, 0.2) is 48.5 Å². The van der Waals surface area contributed by atoms with Crippen LogP contribution in [-0.2, 0) is 15.1 Å². The molecule has 1 aliphatic heterocycles. The lowest BCUT2D eigenvalue weighted by atomic mass is 9.85. The number of benzene rings is 2. The van der Waals surface area contributed by atoms with Gasteiger partial charge in [-0.3, -0.25) is 14.5 Å². The van der Waals surface area contributed by atoms with Gasteiger partial charge in [0.2, 0.25) is 5.91 Å². The molecule has 6 nitrogen and oxygen atoms in total. The SMILES string of the molecule is CCCCC1(c2ccc(F)cc2)NC(=O)N(CC(=O)Nc2ccccc2C)C1=O. The first-order valence-electron chi connectivity index (χ1n) is 9.63. The van der Waals surface area contributed by atoms with Gasteiger partial charge in [0, 0.05) is 5.69 Å². The standard InChI is InChI=1S/C22H24FN3O3/c1-3-4-13-22(16-9-11-17(23)12-10-16)20(28)26(21(29)25-22)14-19(27)24-18-8-6-5-7-15(18)2/h5-12H,3-4,13-14H2,1-2H3,(H,24,27)(H,25,29). The second kappa shape index (κ2) is 8.43. The van der Waals surface area contributed by atoms with E-state index in [0.29, 0.717) is 24.1 Å². The average Bonchev–Trinajstić information content (AvgIpc) is 2.94. The molecule has 4 amide bonds. The van der Waals surface area contributed by atoms with Crippen LogP contribution in [0.5, 0.6) is 0 Å². The number of amides is 4. The van der Waals surface area contributed by atoms with Crippen LogP contribution >= 0.6 is 0 Å². The maximum Gasteiger partial charge on any atom is 0.325 e. The van der Waals surface area contributed by atoms with Crippen molar-refractivity contribution in [2.45, 2.75) is 38.6 Å². The van der Waals surface area contributed by atoms with Crippen molar-refractivity contribution in [2.24, 2.45) is 0 Å². The fraction of sp³-hybridized carbons (Fsp3) is 0.318.